The molecule has 1 aromatic heterocycles. The molecule has 1 N–H and O–H groups in total. The molecule has 0 aliphatic heterocycles. The van der Waals surface area contributed by atoms with Gasteiger partial charge in [0.05, 0.1) is 0 Å². The first-order valence-electron chi connectivity index (χ1n) is 7.10. The second-order valence-corrected chi connectivity index (χ2v) is 5.28. The van der Waals surface area contributed by atoms with Crippen molar-refractivity contribution in [2.24, 2.45) is 0 Å². The minimum Gasteiger partial charge on any atom is -0.423 e. The summed E-state index contributed by atoms with van der Waals surface area (Å²) in [6.07, 6.45) is 0. The fraction of sp³-hybridized carbons (Fsp3) is 0.111. The van der Waals surface area contributed by atoms with Crippen molar-refractivity contribution in [2.45, 2.75) is 13.5 Å². The van der Waals surface area contributed by atoms with Crippen LogP contribution in [0, 0.1) is 12.7 Å². The van der Waals surface area contributed by atoms with E-state index in [0.29, 0.717) is 16.7 Å². The molecule has 0 bridgehead atoms. The number of carbonyl (C=O) groups excluding carboxylic acids is 1. The molecule has 3 rings (SSSR count). The van der Waals surface area contributed by atoms with Gasteiger partial charge in [0.2, 0.25) is 0 Å². The first-order chi connectivity index (χ1) is 11.0. The molecule has 3 aromatic rings. The smallest absolute Gasteiger partial charge is 0.336 e. The largest absolute Gasteiger partial charge is 0.423 e. The highest BCUT2D eigenvalue weighted by Crippen LogP contribution is 2.18. The molecule has 0 aliphatic rings. The van der Waals surface area contributed by atoms with Gasteiger partial charge in [-0.15, -0.1) is 0 Å². The first kappa shape index (κ1) is 15.0. The van der Waals surface area contributed by atoms with Crippen molar-refractivity contribution in [3.8, 4) is 0 Å². The molecule has 0 spiro atoms. The molecule has 4 nitrogen and oxygen atoms in total. The quantitative estimate of drug-likeness (QED) is 0.756. The molecule has 0 radical (unpaired) electrons. The zero-order chi connectivity index (χ0) is 16.4. The number of amides is 1. The Balaban J connectivity index is 1.85. The molecule has 0 saturated heterocycles. The molecule has 2 aromatic carbocycles. The van der Waals surface area contributed by atoms with Gasteiger partial charge in [0.15, 0.2) is 0 Å². The summed E-state index contributed by atoms with van der Waals surface area (Å²) in [4.78, 5) is 23.7. The number of hydrogen-bond acceptors (Lipinski definition) is 3. The van der Waals surface area contributed by atoms with Crippen LogP contribution < -0.4 is 10.9 Å². The Hall–Kier alpha value is -2.95. The number of fused-ring (bicyclic) bond motifs is 1. The average Bonchev–Trinajstić information content (AvgIpc) is 2.52. The summed E-state index contributed by atoms with van der Waals surface area (Å²) in [7, 11) is 0. The van der Waals surface area contributed by atoms with Gasteiger partial charge in [-0.05, 0) is 48.4 Å². The van der Waals surface area contributed by atoms with E-state index < -0.39 is 11.4 Å². The van der Waals surface area contributed by atoms with Crippen molar-refractivity contribution in [1.82, 2.24) is 5.32 Å². The SMILES string of the molecule is Cc1ccc2c(CNC(=O)c3ccc(F)cc3)cc(=O)oc2c1. The highest BCUT2D eigenvalue weighted by atomic mass is 19.1. The van der Waals surface area contributed by atoms with Crippen molar-refractivity contribution in [3.63, 3.8) is 0 Å². The first-order valence-corrected chi connectivity index (χ1v) is 7.10. The maximum Gasteiger partial charge on any atom is 0.336 e. The van der Waals surface area contributed by atoms with Crippen molar-refractivity contribution >= 4 is 16.9 Å². The lowest BCUT2D eigenvalue weighted by molar-refractivity contribution is 0.0951. The summed E-state index contributed by atoms with van der Waals surface area (Å²) in [6.45, 7) is 2.09. The van der Waals surface area contributed by atoms with Crippen LogP contribution in [0.3, 0.4) is 0 Å². The Morgan fingerprint density at radius 1 is 1.13 bits per heavy atom. The van der Waals surface area contributed by atoms with Crippen LogP contribution in [-0.4, -0.2) is 5.91 Å². The zero-order valence-electron chi connectivity index (χ0n) is 12.4. The molecule has 0 aliphatic carbocycles. The van der Waals surface area contributed by atoms with Gasteiger partial charge in [0, 0.05) is 23.6 Å². The average molecular weight is 311 g/mol. The molecule has 0 saturated carbocycles. The predicted molar refractivity (Wildman–Crippen MR) is 84.8 cm³/mol. The van der Waals surface area contributed by atoms with Crippen LogP contribution in [0.15, 0.2) is 57.7 Å². The molecule has 0 unspecified atom stereocenters. The van der Waals surface area contributed by atoms with Crippen molar-refractivity contribution in [1.29, 1.82) is 0 Å². The van der Waals surface area contributed by atoms with E-state index in [1.165, 1.54) is 30.3 Å². The van der Waals surface area contributed by atoms with Crippen molar-refractivity contribution in [3.05, 3.63) is 81.5 Å². The van der Waals surface area contributed by atoms with Crippen LogP contribution in [0.1, 0.15) is 21.5 Å². The third kappa shape index (κ3) is 3.29. The van der Waals surface area contributed by atoms with Crippen molar-refractivity contribution in [2.75, 3.05) is 0 Å². The van der Waals surface area contributed by atoms with E-state index in [0.717, 1.165) is 10.9 Å². The minimum absolute atomic E-state index is 0.182. The second kappa shape index (κ2) is 6.04. The number of hydrogen-bond donors (Lipinski definition) is 1. The van der Waals surface area contributed by atoms with E-state index in [1.54, 1.807) is 6.07 Å². The molecular weight excluding hydrogens is 297 g/mol. The van der Waals surface area contributed by atoms with E-state index >= 15 is 0 Å². The Morgan fingerprint density at radius 3 is 2.61 bits per heavy atom. The molecular formula is C18H14FNO3. The summed E-state index contributed by atoms with van der Waals surface area (Å²) in [6, 6.07) is 12.2. The van der Waals surface area contributed by atoms with Crippen LogP contribution in [0.25, 0.3) is 11.0 Å². The maximum absolute atomic E-state index is 12.9. The monoisotopic (exact) mass is 311 g/mol. The molecule has 0 atom stereocenters. The van der Waals surface area contributed by atoms with E-state index in [4.69, 9.17) is 4.42 Å². The molecule has 23 heavy (non-hydrogen) atoms. The predicted octanol–water partition coefficient (Wildman–Crippen LogP) is 3.17. The summed E-state index contributed by atoms with van der Waals surface area (Å²) < 4.78 is 18.1. The maximum atomic E-state index is 12.9. The van der Waals surface area contributed by atoms with Gasteiger partial charge in [-0.3, -0.25) is 4.79 Å². The summed E-state index contributed by atoms with van der Waals surface area (Å²) in [5.41, 5.74) is 2.03. The highest BCUT2D eigenvalue weighted by Gasteiger charge is 2.09. The number of benzene rings is 2. The molecule has 1 amide bonds. The standard InChI is InChI=1S/C18H14FNO3/c1-11-2-7-15-13(9-17(21)23-16(15)8-11)10-20-18(22)12-3-5-14(19)6-4-12/h2-9H,10H2,1H3,(H,20,22). The van der Waals surface area contributed by atoms with Gasteiger partial charge >= 0.3 is 5.63 Å². The van der Waals surface area contributed by atoms with Gasteiger partial charge in [-0.2, -0.15) is 0 Å². The van der Waals surface area contributed by atoms with E-state index in [2.05, 4.69) is 5.32 Å². The number of halogens is 1. The minimum atomic E-state index is -0.464. The molecule has 1 heterocycles. The Bertz CT molecular complexity index is 929. The van der Waals surface area contributed by atoms with Gasteiger partial charge in [-0.25, -0.2) is 9.18 Å². The third-order valence-corrected chi connectivity index (χ3v) is 3.53. The van der Waals surface area contributed by atoms with Crippen LogP contribution in [0.2, 0.25) is 0 Å². The van der Waals surface area contributed by atoms with Crippen LogP contribution >= 0.6 is 0 Å². The van der Waals surface area contributed by atoms with Gasteiger partial charge < -0.3 is 9.73 Å². The van der Waals surface area contributed by atoms with E-state index in [9.17, 15) is 14.0 Å². The topological polar surface area (TPSA) is 59.3 Å². The highest BCUT2D eigenvalue weighted by molar-refractivity contribution is 5.94. The van der Waals surface area contributed by atoms with Gasteiger partial charge in [0.1, 0.15) is 11.4 Å². The zero-order valence-corrected chi connectivity index (χ0v) is 12.4. The summed E-state index contributed by atoms with van der Waals surface area (Å²) in [5.74, 6) is -0.734. The Morgan fingerprint density at radius 2 is 1.87 bits per heavy atom. The van der Waals surface area contributed by atoms with Crippen LogP contribution in [0.5, 0.6) is 0 Å². The van der Waals surface area contributed by atoms with Crippen LogP contribution in [-0.2, 0) is 6.54 Å². The Kier molecular flexibility index (Phi) is 3.93. The van der Waals surface area contributed by atoms with Crippen molar-refractivity contribution < 1.29 is 13.6 Å². The Labute approximate surface area is 131 Å². The van der Waals surface area contributed by atoms with Crippen LogP contribution in [0.4, 0.5) is 4.39 Å². The summed E-state index contributed by atoms with van der Waals surface area (Å²) >= 11 is 0. The number of aryl methyl sites for hydroxylation is 1. The fourth-order valence-electron chi connectivity index (χ4n) is 2.36. The number of carbonyl (C=O) groups is 1. The fourth-order valence-corrected chi connectivity index (χ4v) is 2.36. The molecule has 0 fully saturated rings. The van der Waals surface area contributed by atoms with E-state index in [1.807, 2.05) is 19.1 Å². The summed E-state index contributed by atoms with van der Waals surface area (Å²) in [5, 5.41) is 3.50. The normalized spacial score (nSPS) is 10.7. The third-order valence-electron chi connectivity index (χ3n) is 3.53. The lowest BCUT2D eigenvalue weighted by Gasteiger charge is -2.08. The lowest BCUT2D eigenvalue weighted by Crippen LogP contribution is -2.23. The molecule has 116 valence electrons. The number of rotatable bonds is 3. The van der Waals surface area contributed by atoms with E-state index in [-0.39, 0.29) is 12.5 Å². The van der Waals surface area contributed by atoms with Gasteiger partial charge in [0.25, 0.3) is 5.91 Å². The lowest BCUT2D eigenvalue weighted by atomic mass is 10.1. The second-order valence-electron chi connectivity index (χ2n) is 5.28. The van der Waals surface area contributed by atoms with Gasteiger partial charge in [-0.1, -0.05) is 12.1 Å². The number of nitrogens with one attached hydrogen (secondary N) is 1. The molecule has 5 heteroatoms.